The van der Waals surface area contributed by atoms with E-state index in [4.69, 9.17) is 11.0 Å². The minimum atomic E-state index is -0.808. The molecule has 50 valence electrons. The van der Waals surface area contributed by atoms with Gasteiger partial charge in [-0.1, -0.05) is 0 Å². The predicted octanol–water partition coefficient (Wildman–Crippen LogP) is -2.82. The van der Waals surface area contributed by atoms with Crippen LogP contribution in [0.5, 0.6) is 0 Å². The second-order valence-corrected chi connectivity index (χ2v) is 2.42. The molecule has 6 heteroatoms. The normalized spacial score (nSPS) is 6.90. The topological polar surface area (TPSA) is 66.9 Å². The van der Waals surface area contributed by atoms with E-state index < -0.39 is 5.91 Å². The summed E-state index contributed by atoms with van der Waals surface area (Å²) >= 11 is 7.27. The van der Waals surface area contributed by atoms with Crippen LogP contribution in [0.3, 0.4) is 0 Å². The summed E-state index contributed by atoms with van der Waals surface area (Å²) in [4.78, 5) is 10.2. The molecule has 0 bridgehead atoms. The zero-order chi connectivity index (χ0) is 7.44. The standard InChI is InChI=1S/C4H4N2OS2.Na.H/c5-1-2(3(6)7)4(8)9;;/h8-9H,(H2,6,7);;/q;+1;-1. The molecular formula is C4H5N2NaOS2. The summed E-state index contributed by atoms with van der Waals surface area (Å²) in [6.45, 7) is 0. The molecule has 1 amide bonds. The van der Waals surface area contributed by atoms with E-state index in [1.807, 2.05) is 0 Å². The van der Waals surface area contributed by atoms with Gasteiger partial charge in [-0.2, -0.15) is 5.26 Å². The fourth-order valence-electron chi connectivity index (χ4n) is 0.215. The van der Waals surface area contributed by atoms with Gasteiger partial charge in [-0.25, -0.2) is 0 Å². The Hall–Kier alpha value is 0.400. The van der Waals surface area contributed by atoms with E-state index >= 15 is 0 Å². The maximum atomic E-state index is 10.2. The largest absolute Gasteiger partial charge is 1.00 e. The van der Waals surface area contributed by atoms with Gasteiger partial charge in [0.2, 0.25) is 0 Å². The Morgan fingerprint density at radius 1 is 1.60 bits per heavy atom. The van der Waals surface area contributed by atoms with Crippen molar-refractivity contribution >= 4 is 31.2 Å². The number of nitrogens with zero attached hydrogens (tertiary/aromatic N) is 1. The molecule has 0 atom stereocenters. The minimum Gasteiger partial charge on any atom is -1.00 e. The van der Waals surface area contributed by atoms with Crippen LogP contribution < -0.4 is 35.3 Å². The molecule has 2 N–H and O–H groups in total. The molecule has 0 aliphatic rings. The smallest absolute Gasteiger partial charge is 1.00 e. The number of carbonyl (C=O) groups is 1. The first-order chi connectivity index (χ1) is 4.09. The average Bonchev–Trinajstić information content (AvgIpc) is 1.64. The summed E-state index contributed by atoms with van der Waals surface area (Å²) < 4.78 is 0.0463. The number of rotatable bonds is 1. The predicted molar refractivity (Wildman–Crippen MR) is 40.9 cm³/mol. The summed E-state index contributed by atoms with van der Waals surface area (Å²) in [7, 11) is 0. The molecule has 0 rings (SSSR count). The van der Waals surface area contributed by atoms with Crippen LogP contribution in [0.15, 0.2) is 9.81 Å². The molecule has 0 aromatic heterocycles. The van der Waals surface area contributed by atoms with Crippen LogP contribution in [-0.2, 0) is 4.79 Å². The maximum Gasteiger partial charge on any atom is 1.00 e. The first-order valence-electron chi connectivity index (χ1n) is 1.91. The fourth-order valence-corrected chi connectivity index (χ4v) is 0.536. The van der Waals surface area contributed by atoms with E-state index in [0.29, 0.717) is 0 Å². The first-order valence-corrected chi connectivity index (χ1v) is 2.81. The Morgan fingerprint density at radius 2 is 2.00 bits per heavy atom. The molecule has 0 spiro atoms. The van der Waals surface area contributed by atoms with Crippen LogP contribution >= 0.6 is 25.3 Å². The van der Waals surface area contributed by atoms with E-state index in [1.165, 1.54) is 0 Å². The Labute approximate surface area is 93.2 Å². The molecular weight excluding hydrogens is 179 g/mol. The quantitative estimate of drug-likeness (QED) is 0.178. The SMILES string of the molecule is N#CC(C(N)=O)=C(S)S.[H-].[Na+]. The second kappa shape index (κ2) is 6.13. The van der Waals surface area contributed by atoms with Gasteiger partial charge in [0.25, 0.3) is 5.91 Å². The summed E-state index contributed by atoms with van der Waals surface area (Å²) in [6.07, 6.45) is 0. The van der Waals surface area contributed by atoms with Crippen LogP contribution in [0, 0.1) is 11.3 Å². The van der Waals surface area contributed by atoms with Crippen molar-refractivity contribution in [3.05, 3.63) is 9.81 Å². The third kappa shape index (κ3) is 4.25. The van der Waals surface area contributed by atoms with Crippen LogP contribution in [-0.4, -0.2) is 5.91 Å². The molecule has 0 fully saturated rings. The van der Waals surface area contributed by atoms with E-state index in [-0.39, 0.29) is 40.8 Å². The maximum absolute atomic E-state index is 10.2. The Morgan fingerprint density at radius 3 is 2.00 bits per heavy atom. The van der Waals surface area contributed by atoms with Crippen molar-refractivity contribution in [3.8, 4) is 6.07 Å². The van der Waals surface area contributed by atoms with Gasteiger partial charge in [-0.15, -0.1) is 25.3 Å². The van der Waals surface area contributed by atoms with Crippen LogP contribution in [0.4, 0.5) is 0 Å². The monoisotopic (exact) mass is 184 g/mol. The van der Waals surface area contributed by atoms with E-state index in [9.17, 15) is 4.79 Å². The van der Waals surface area contributed by atoms with Gasteiger partial charge in [0.1, 0.15) is 11.6 Å². The third-order valence-corrected chi connectivity index (χ3v) is 1.03. The van der Waals surface area contributed by atoms with Gasteiger partial charge in [0.15, 0.2) is 0 Å². The van der Waals surface area contributed by atoms with Gasteiger partial charge < -0.3 is 7.16 Å². The Balaban J connectivity index is -0.000000320. The van der Waals surface area contributed by atoms with Crippen molar-refractivity contribution in [2.24, 2.45) is 5.73 Å². The van der Waals surface area contributed by atoms with E-state index in [2.05, 4.69) is 25.3 Å². The molecule has 0 aromatic carbocycles. The van der Waals surface area contributed by atoms with Gasteiger partial charge in [-0.05, 0) is 0 Å². The molecule has 0 radical (unpaired) electrons. The van der Waals surface area contributed by atoms with Crippen LogP contribution in [0.25, 0.3) is 0 Å². The average molecular weight is 184 g/mol. The molecule has 0 heterocycles. The van der Waals surface area contributed by atoms with Crippen molar-refractivity contribution in [2.45, 2.75) is 0 Å². The Bertz CT molecular complexity index is 209. The number of nitriles is 1. The fraction of sp³-hybridized carbons (Fsp3) is 0. The van der Waals surface area contributed by atoms with Crippen LogP contribution in [0.1, 0.15) is 1.43 Å². The van der Waals surface area contributed by atoms with Crippen molar-refractivity contribution in [1.29, 1.82) is 5.26 Å². The first kappa shape index (κ1) is 13.0. The van der Waals surface area contributed by atoms with Gasteiger partial charge in [0.05, 0.1) is 4.24 Å². The van der Waals surface area contributed by atoms with Crippen molar-refractivity contribution in [3.63, 3.8) is 0 Å². The van der Waals surface area contributed by atoms with Crippen LogP contribution in [0.2, 0.25) is 0 Å². The third-order valence-electron chi connectivity index (χ3n) is 0.582. The number of primary amides is 1. The Kier molecular flexibility index (Phi) is 7.99. The summed E-state index contributed by atoms with van der Waals surface area (Å²) in [5.74, 6) is -0.808. The number of nitrogens with two attached hydrogens (primary N) is 1. The number of thiol groups is 2. The summed E-state index contributed by atoms with van der Waals surface area (Å²) in [5.41, 5.74) is 4.51. The molecule has 3 nitrogen and oxygen atoms in total. The van der Waals surface area contributed by atoms with Gasteiger partial charge >= 0.3 is 29.6 Å². The zero-order valence-corrected chi connectivity index (χ0v) is 9.12. The number of amides is 1. The van der Waals surface area contributed by atoms with E-state index in [0.717, 1.165) is 0 Å². The van der Waals surface area contributed by atoms with E-state index in [1.54, 1.807) is 6.07 Å². The molecule has 0 unspecified atom stereocenters. The second-order valence-electron chi connectivity index (χ2n) is 1.17. The molecule has 0 saturated carbocycles. The minimum absolute atomic E-state index is 0. The van der Waals surface area contributed by atoms with Crippen molar-refractivity contribution in [2.75, 3.05) is 0 Å². The zero-order valence-electron chi connectivity index (χ0n) is 6.33. The van der Waals surface area contributed by atoms with Crippen molar-refractivity contribution in [1.82, 2.24) is 0 Å². The number of hydrogen-bond acceptors (Lipinski definition) is 4. The molecule has 0 aliphatic carbocycles. The molecule has 0 saturated heterocycles. The van der Waals surface area contributed by atoms with Gasteiger partial charge in [-0.3, -0.25) is 4.79 Å². The molecule has 0 aromatic rings. The van der Waals surface area contributed by atoms with Crippen molar-refractivity contribution < 1.29 is 35.8 Å². The molecule has 10 heavy (non-hydrogen) atoms. The summed E-state index contributed by atoms with van der Waals surface area (Å²) in [5, 5.41) is 8.16. The summed E-state index contributed by atoms with van der Waals surface area (Å²) in [6, 6.07) is 1.55. The number of carbonyl (C=O) groups excluding carboxylic acids is 1. The number of hydrogen-bond donors (Lipinski definition) is 3. The molecule has 0 aliphatic heterocycles. The van der Waals surface area contributed by atoms with Gasteiger partial charge in [0, 0.05) is 0 Å².